The summed E-state index contributed by atoms with van der Waals surface area (Å²) >= 11 is 0. The number of Topliss-reactive ketones (excluding diaryl/α,β-unsaturated/α-hetero) is 1. The predicted octanol–water partition coefficient (Wildman–Crippen LogP) is 4.45. The first kappa shape index (κ1) is 17.0. The molecule has 0 saturated heterocycles. The molecule has 1 aliphatic rings. The number of nitrogens with zero attached hydrogens (tertiary/aromatic N) is 2. The highest BCUT2D eigenvalue weighted by atomic mass is 16.5. The van der Waals surface area contributed by atoms with Gasteiger partial charge in [0.15, 0.2) is 11.6 Å². The van der Waals surface area contributed by atoms with Crippen LogP contribution in [0.3, 0.4) is 0 Å². The van der Waals surface area contributed by atoms with Crippen molar-refractivity contribution >= 4 is 17.8 Å². The Labute approximate surface area is 157 Å². The average Bonchev–Trinajstić information content (AvgIpc) is 3.16. The first-order valence-electron chi connectivity index (χ1n) is 8.56. The second-order valence-electron chi connectivity index (χ2n) is 6.22. The van der Waals surface area contributed by atoms with E-state index in [0.29, 0.717) is 22.9 Å². The van der Waals surface area contributed by atoms with Gasteiger partial charge in [-0.2, -0.15) is 0 Å². The fourth-order valence-corrected chi connectivity index (χ4v) is 3.16. The lowest BCUT2D eigenvalue weighted by Crippen LogP contribution is -2.12. The molecule has 5 nitrogen and oxygen atoms in total. The van der Waals surface area contributed by atoms with Gasteiger partial charge in [-0.3, -0.25) is 4.79 Å². The molecule has 0 aliphatic carbocycles. The fourth-order valence-electron chi connectivity index (χ4n) is 3.16. The zero-order valence-electron chi connectivity index (χ0n) is 15.0. The summed E-state index contributed by atoms with van der Waals surface area (Å²) in [5.74, 6) is 1.19. The van der Waals surface area contributed by atoms with Crippen LogP contribution in [0.5, 0.6) is 11.5 Å². The standard InChI is InChI=1S/C22H18N2O3/c1-26-17-8-15(9-18(11-17)27-2)21(25)20-13-24-22-19(20)10-16(12-23-22)14-6-4-3-5-7-14/h3-13,20H,1-2H3. The van der Waals surface area contributed by atoms with Gasteiger partial charge in [0.1, 0.15) is 11.5 Å². The number of hydrogen-bond donors (Lipinski definition) is 0. The Morgan fingerprint density at radius 3 is 2.30 bits per heavy atom. The molecule has 134 valence electrons. The van der Waals surface area contributed by atoms with Crippen LogP contribution in [-0.4, -0.2) is 31.2 Å². The number of rotatable bonds is 5. The Balaban J connectivity index is 1.72. The van der Waals surface area contributed by atoms with Gasteiger partial charge in [-0.05, 0) is 23.8 Å². The van der Waals surface area contributed by atoms with Gasteiger partial charge >= 0.3 is 0 Å². The van der Waals surface area contributed by atoms with Crippen molar-refractivity contribution in [2.24, 2.45) is 4.99 Å². The highest BCUT2D eigenvalue weighted by Crippen LogP contribution is 2.36. The van der Waals surface area contributed by atoms with E-state index >= 15 is 0 Å². The minimum absolute atomic E-state index is 0.0679. The van der Waals surface area contributed by atoms with Gasteiger partial charge in [-0.1, -0.05) is 30.3 Å². The highest BCUT2D eigenvalue weighted by molar-refractivity contribution is 6.13. The third-order valence-electron chi connectivity index (χ3n) is 4.60. The molecule has 4 rings (SSSR count). The summed E-state index contributed by atoms with van der Waals surface area (Å²) in [6.07, 6.45) is 3.44. The van der Waals surface area contributed by atoms with Crippen LogP contribution >= 0.6 is 0 Å². The van der Waals surface area contributed by atoms with E-state index in [0.717, 1.165) is 16.7 Å². The molecule has 0 fully saturated rings. The highest BCUT2D eigenvalue weighted by Gasteiger charge is 2.28. The molecule has 1 unspecified atom stereocenters. The van der Waals surface area contributed by atoms with Crippen LogP contribution < -0.4 is 9.47 Å². The normalized spacial score (nSPS) is 14.7. The molecule has 1 atom stereocenters. The lowest BCUT2D eigenvalue weighted by atomic mass is 9.91. The largest absolute Gasteiger partial charge is 0.497 e. The number of fused-ring (bicyclic) bond motifs is 1. The summed E-state index contributed by atoms with van der Waals surface area (Å²) in [5.41, 5.74) is 3.33. The van der Waals surface area contributed by atoms with Crippen molar-refractivity contribution in [1.29, 1.82) is 0 Å². The lowest BCUT2D eigenvalue weighted by molar-refractivity contribution is 0.0984. The third-order valence-corrected chi connectivity index (χ3v) is 4.60. The summed E-state index contributed by atoms with van der Waals surface area (Å²) < 4.78 is 10.6. The number of carbonyl (C=O) groups is 1. The maximum atomic E-state index is 13.2. The minimum atomic E-state index is -0.479. The van der Waals surface area contributed by atoms with E-state index in [2.05, 4.69) is 9.98 Å². The molecule has 0 saturated carbocycles. The zero-order valence-corrected chi connectivity index (χ0v) is 15.0. The third kappa shape index (κ3) is 3.19. The molecule has 1 aliphatic heterocycles. The molecule has 0 bridgehead atoms. The van der Waals surface area contributed by atoms with Crippen molar-refractivity contribution in [3.8, 4) is 22.6 Å². The lowest BCUT2D eigenvalue weighted by Gasteiger charge is -2.12. The Bertz CT molecular complexity index is 1010. The number of aliphatic imine (C=N–C) groups is 1. The molecule has 2 aromatic carbocycles. The van der Waals surface area contributed by atoms with Gasteiger partial charge in [0, 0.05) is 35.2 Å². The first-order valence-corrected chi connectivity index (χ1v) is 8.56. The van der Waals surface area contributed by atoms with Crippen LogP contribution in [0.4, 0.5) is 5.82 Å². The number of carbonyl (C=O) groups excluding carboxylic acids is 1. The van der Waals surface area contributed by atoms with Crippen LogP contribution in [0, 0.1) is 0 Å². The van der Waals surface area contributed by atoms with Gasteiger partial charge in [0.25, 0.3) is 0 Å². The van der Waals surface area contributed by atoms with E-state index in [1.54, 1.807) is 44.8 Å². The summed E-state index contributed by atoms with van der Waals surface area (Å²) in [6, 6.07) is 17.1. The van der Waals surface area contributed by atoms with Crippen LogP contribution in [0.15, 0.2) is 65.8 Å². The van der Waals surface area contributed by atoms with Crippen LogP contribution in [0.2, 0.25) is 0 Å². The van der Waals surface area contributed by atoms with Gasteiger partial charge < -0.3 is 9.47 Å². The smallest absolute Gasteiger partial charge is 0.176 e. The number of hydrogen-bond acceptors (Lipinski definition) is 5. The van der Waals surface area contributed by atoms with Gasteiger partial charge in [-0.15, -0.1) is 0 Å². The number of benzene rings is 2. The summed E-state index contributed by atoms with van der Waals surface area (Å²) in [6.45, 7) is 0. The van der Waals surface area contributed by atoms with E-state index in [-0.39, 0.29) is 5.78 Å². The van der Waals surface area contributed by atoms with E-state index in [1.165, 1.54) is 0 Å². The SMILES string of the molecule is COc1cc(OC)cc(C(=O)C2C=Nc3ncc(-c4ccccc4)cc32)c1. The van der Waals surface area contributed by atoms with E-state index in [4.69, 9.17) is 9.47 Å². The average molecular weight is 358 g/mol. The Morgan fingerprint density at radius 1 is 0.926 bits per heavy atom. The second kappa shape index (κ2) is 7.03. The number of pyridine rings is 1. The molecular weight excluding hydrogens is 340 g/mol. The van der Waals surface area contributed by atoms with Gasteiger partial charge in [-0.25, -0.2) is 9.98 Å². The molecule has 5 heteroatoms. The van der Waals surface area contributed by atoms with Crippen LogP contribution in [0.25, 0.3) is 11.1 Å². The Hall–Kier alpha value is -3.47. The number of ether oxygens (including phenoxy) is 2. The number of ketones is 1. The maximum Gasteiger partial charge on any atom is 0.176 e. The molecule has 1 aromatic heterocycles. The molecule has 3 aromatic rings. The van der Waals surface area contributed by atoms with E-state index < -0.39 is 5.92 Å². The molecule has 0 amide bonds. The molecule has 0 spiro atoms. The van der Waals surface area contributed by atoms with Crippen molar-refractivity contribution in [3.63, 3.8) is 0 Å². The maximum absolute atomic E-state index is 13.2. The number of aromatic nitrogens is 1. The topological polar surface area (TPSA) is 60.8 Å². The zero-order chi connectivity index (χ0) is 18.8. The monoisotopic (exact) mass is 358 g/mol. The molecule has 27 heavy (non-hydrogen) atoms. The molecular formula is C22H18N2O3. The molecule has 2 heterocycles. The van der Waals surface area contributed by atoms with Gasteiger partial charge in [0.05, 0.1) is 20.1 Å². The van der Waals surface area contributed by atoms with Crippen molar-refractivity contribution in [1.82, 2.24) is 4.98 Å². The van der Waals surface area contributed by atoms with Crippen molar-refractivity contribution in [2.75, 3.05) is 14.2 Å². The molecule has 0 N–H and O–H groups in total. The quantitative estimate of drug-likeness (QED) is 0.632. The summed E-state index contributed by atoms with van der Waals surface area (Å²) in [5, 5.41) is 0. The first-order chi connectivity index (χ1) is 13.2. The summed E-state index contributed by atoms with van der Waals surface area (Å²) in [4.78, 5) is 21.9. The number of methoxy groups -OCH3 is 2. The summed E-state index contributed by atoms with van der Waals surface area (Å²) in [7, 11) is 3.12. The Morgan fingerprint density at radius 2 is 1.63 bits per heavy atom. The fraction of sp³-hybridized carbons (Fsp3) is 0.136. The Kier molecular flexibility index (Phi) is 4.42. The van der Waals surface area contributed by atoms with E-state index in [1.807, 2.05) is 36.4 Å². The van der Waals surface area contributed by atoms with Crippen molar-refractivity contribution < 1.29 is 14.3 Å². The molecule has 0 radical (unpaired) electrons. The minimum Gasteiger partial charge on any atom is -0.497 e. The van der Waals surface area contributed by atoms with Crippen LogP contribution in [-0.2, 0) is 0 Å². The van der Waals surface area contributed by atoms with Crippen LogP contribution in [0.1, 0.15) is 21.8 Å². The van der Waals surface area contributed by atoms with Crippen molar-refractivity contribution in [3.05, 3.63) is 71.9 Å². The van der Waals surface area contributed by atoms with Crippen molar-refractivity contribution in [2.45, 2.75) is 5.92 Å². The second-order valence-corrected chi connectivity index (χ2v) is 6.22. The predicted molar refractivity (Wildman–Crippen MR) is 104 cm³/mol. The van der Waals surface area contributed by atoms with Gasteiger partial charge in [0.2, 0.25) is 0 Å². The van der Waals surface area contributed by atoms with E-state index in [9.17, 15) is 4.79 Å².